The number of likely N-dealkylation sites (N-methyl/N-ethyl adjacent to an activating group) is 1. The molecule has 6 nitrogen and oxygen atoms in total. The van der Waals surface area contributed by atoms with E-state index in [0.717, 1.165) is 25.2 Å². The van der Waals surface area contributed by atoms with Crippen LogP contribution in [0.2, 0.25) is 0 Å². The van der Waals surface area contributed by atoms with Gasteiger partial charge in [0.25, 0.3) is 5.91 Å². The highest BCUT2D eigenvalue weighted by molar-refractivity contribution is 5.91. The quantitative estimate of drug-likeness (QED) is 0.771. The number of alkyl halides is 3. The van der Waals surface area contributed by atoms with Crippen LogP contribution in [0.1, 0.15) is 25.0 Å². The molecule has 0 bridgehead atoms. The molecule has 1 saturated heterocycles. The number of amides is 2. The van der Waals surface area contributed by atoms with Gasteiger partial charge in [-0.3, -0.25) is 14.5 Å². The van der Waals surface area contributed by atoms with Gasteiger partial charge in [0.15, 0.2) is 0 Å². The van der Waals surface area contributed by atoms with Gasteiger partial charge in [-0.15, -0.1) is 0 Å². The van der Waals surface area contributed by atoms with Crippen molar-refractivity contribution in [3.63, 3.8) is 0 Å². The minimum Gasteiger partial charge on any atom is -0.339 e. The number of hydrogen-bond acceptors (Lipinski definition) is 4. The predicted octanol–water partition coefficient (Wildman–Crippen LogP) is 1.76. The summed E-state index contributed by atoms with van der Waals surface area (Å²) in [4.78, 5) is 31.0. The van der Waals surface area contributed by atoms with Gasteiger partial charge in [-0.2, -0.15) is 13.2 Å². The lowest BCUT2D eigenvalue weighted by Gasteiger charge is -2.40. The Balaban J connectivity index is 2.22. The van der Waals surface area contributed by atoms with Crippen LogP contribution in [0.4, 0.5) is 13.2 Å². The molecule has 0 aliphatic carbocycles. The Morgan fingerprint density at radius 3 is 2.21 bits per heavy atom. The number of halogens is 3. The topological polar surface area (TPSA) is 55.9 Å². The first-order valence-electron chi connectivity index (χ1n) is 9.56. The number of rotatable bonds is 6. The SMILES string of the molecule is CC(=O)NC(C)(C(=O)N1CCN(CCN(C)C)CC1)c1cccc(C(F)(F)F)c1. The summed E-state index contributed by atoms with van der Waals surface area (Å²) in [7, 11) is 3.99. The zero-order valence-corrected chi connectivity index (χ0v) is 17.3. The van der Waals surface area contributed by atoms with Crippen molar-refractivity contribution in [2.24, 2.45) is 0 Å². The Hall–Kier alpha value is -2.13. The van der Waals surface area contributed by atoms with E-state index in [1.165, 1.54) is 26.0 Å². The van der Waals surface area contributed by atoms with Gasteiger partial charge in [0.05, 0.1) is 5.56 Å². The Labute approximate surface area is 169 Å². The van der Waals surface area contributed by atoms with Gasteiger partial charge < -0.3 is 15.1 Å². The predicted molar refractivity (Wildman–Crippen MR) is 104 cm³/mol. The molecule has 162 valence electrons. The molecular weight excluding hydrogens is 385 g/mol. The van der Waals surface area contributed by atoms with Gasteiger partial charge in [0.1, 0.15) is 5.54 Å². The Morgan fingerprint density at radius 2 is 1.69 bits per heavy atom. The first-order chi connectivity index (χ1) is 13.4. The Morgan fingerprint density at radius 1 is 1.10 bits per heavy atom. The number of hydrogen-bond donors (Lipinski definition) is 1. The lowest BCUT2D eigenvalue weighted by molar-refractivity contribution is -0.143. The maximum Gasteiger partial charge on any atom is 0.416 e. The van der Waals surface area contributed by atoms with Crippen LogP contribution in [-0.2, 0) is 21.3 Å². The van der Waals surface area contributed by atoms with Crippen molar-refractivity contribution in [2.75, 3.05) is 53.4 Å². The second-order valence-corrected chi connectivity index (χ2v) is 7.82. The Bertz CT molecular complexity index is 731. The largest absolute Gasteiger partial charge is 0.416 e. The molecule has 0 radical (unpaired) electrons. The van der Waals surface area contributed by atoms with Crippen LogP contribution in [0.3, 0.4) is 0 Å². The molecule has 29 heavy (non-hydrogen) atoms. The van der Waals surface area contributed by atoms with Crippen LogP contribution in [0.15, 0.2) is 24.3 Å². The summed E-state index contributed by atoms with van der Waals surface area (Å²) >= 11 is 0. The summed E-state index contributed by atoms with van der Waals surface area (Å²) in [5.74, 6) is -0.887. The summed E-state index contributed by atoms with van der Waals surface area (Å²) < 4.78 is 39.5. The molecule has 1 aromatic carbocycles. The summed E-state index contributed by atoms with van der Waals surface area (Å²) in [6.45, 7) is 6.77. The molecule has 1 aliphatic rings. The van der Waals surface area contributed by atoms with E-state index in [4.69, 9.17) is 0 Å². The molecule has 1 unspecified atom stereocenters. The van der Waals surface area contributed by atoms with Gasteiger partial charge in [0.2, 0.25) is 5.91 Å². The second-order valence-electron chi connectivity index (χ2n) is 7.82. The van der Waals surface area contributed by atoms with Crippen molar-refractivity contribution in [3.8, 4) is 0 Å². The number of nitrogens with zero attached hydrogens (tertiary/aromatic N) is 3. The summed E-state index contributed by atoms with van der Waals surface area (Å²) in [6, 6.07) is 4.58. The fraction of sp³-hybridized carbons (Fsp3) is 0.600. The highest BCUT2D eigenvalue weighted by Gasteiger charge is 2.41. The molecule has 1 N–H and O–H groups in total. The van der Waals surface area contributed by atoms with Gasteiger partial charge in [0, 0.05) is 46.2 Å². The van der Waals surface area contributed by atoms with Crippen molar-refractivity contribution >= 4 is 11.8 Å². The van der Waals surface area contributed by atoms with Crippen molar-refractivity contribution in [1.29, 1.82) is 0 Å². The monoisotopic (exact) mass is 414 g/mol. The smallest absolute Gasteiger partial charge is 0.339 e. The number of nitrogens with one attached hydrogen (secondary N) is 1. The third-order valence-corrected chi connectivity index (χ3v) is 5.14. The van der Waals surface area contributed by atoms with Crippen LogP contribution < -0.4 is 5.32 Å². The first-order valence-corrected chi connectivity index (χ1v) is 9.56. The van der Waals surface area contributed by atoms with E-state index in [0.29, 0.717) is 26.2 Å². The van der Waals surface area contributed by atoms with E-state index in [1.807, 2.05) is 14.1 Å². The maximum absolute atomic E-state index is 13.3. The molecule has 9 heteroatoms. The molecular formula is C20H29F3N4O2. The van der Waals surface area contributed by atoms with E-state index < -0.39 is 29.1 Å². The van der Waals surface area contributed by atoms with Crippen LogP contribution in [0, 0.1) is 0 Å². The third kappa shape index (κ3) is 5.93. The van der Waals surface area contributed by atoms with Crippen LogP contribution in [-0.4, -0.2) is 79.9 Å². The summed E-state index contributed by atoms with van der Waals surface area (Å²) in [5.41, 5.74) is -2.31. The molecule has 1 atom stereocenters. The van der Waals surface area contributed by atoms with Gasteiger partial charge >= 0.3 is 6.18 Å². The van der Waals surface area contributed by atoms with Crippen molar-refractivity contribution < 1.29 is 22.8 Å². The number of piperazine rings is 1. The van der Waals surface area contributed by atoms with E-state index in [1.54, 1.807) is 4.90 Å². The van der Waals surface area contributed by atoms with Crippen molar-refractivity contribution in [2.45, 2.75) is 25.6 Å². The average Bonchev–Trinajstić information content (AvgIpc) is 2.65. The van der Waals surface area contributed by atoms with Gasteiger partial charge in [-0.25, -0.2) is 0 Å². The van der Waals surface area contributed by atoms with E-state index in [9.17, 15) is 22.8 Å². The highest BCUT2D eigenvalue weighted by atomic mass is 19.4. The molecule has 1 aromatic rings. The zero-order chi connectivity index (χ0) is 21.8. The first kappa shape index (κ1) is 23.2. The molecule has 0 spiro atoms. The van der Waals surface area contributed by atoms with Crippen LogP contribution in [0.5, 0.6) is 0 Å². The molecule has 1 fully saturated rings. The van der Waals surface area contributed by atoms with Gasteiger partial charge in [-0.1, -0.05) is 12.1 Å². The van der Waals surface area contributed by atoms with E-state index >= 15 is 0 Å². The molecule has 0 aromatic heterocycles. The summed E-state index contributed by atoms with van der Waals surface area (Å²) in [6.07, 6.45) is -4.53. The molecule has 0 saturated carbocycles. The molecule has 1 aliphatic heterocycles. The fourth-order valence-electron chi connectivity index (χ4n) is 3.44. The maximum atomic E-state index is 13.3. The number of carbonyl (C=O) groups is 2. The minimum atomic E-state index is -4.53. The van der Waals surface area contributed by atoms with Crippen LogP contribution in [0.25, 0.3) is 0 Å². The lowest BCUT2D eigenvalue weighted by atomic mass is 9.88. The minimum absolute atomic E-state index is 0.113. The van der Waals surface area contributed by atoms with Gasteiger partial charge in [-0.05, 0) is 38.7 Å². The third-order valence-electron chi connectivity index (χ3n) is 5.14. The van der Waals surface area contributed by atoms with Crippen molar-refractivity contribution in [1.82, 2.24) is 20.0 Å². The second kappa shape index (κ2) is 9.13. The Kier molecular flexibility index (Phi) is 7.29. The number of benzene rings is 1. The standard InChI is InChI=1S/C20H29F3N4O2/c1-15(28)24-19(2,16-6-5-7-17(14-16)20(21,22)23)18(29)27-12-10-26(11-13-27)9-8-25(3)4/h5-7,14H,8-13H2,1-4H3,(H,24,28). The highest BCUT2D eigenvalue weighted by Crippen LogP contribution is 2.33. The van der Waals surface area contributed by atoms with Crippen molar-refractivity contribution in [3.05, 3.63) is 35.4 Å². The normalized spacial score (nSPS) is 17.9. The van der Waals surface area contributed by atoms with E-state index in [-0.39, 0.29) is 5.56 Å². The molecule has 1 heterocycles. The average molecular weight is 414 g/mol. The summed E-state index contributed by atoms with van der Waals surface area (Å²) in [5, 5.41) is 2.58. The molecule has 2 rings (SSSR count). The molecule has 2 amide bonds. The fourth-order valence-corrected chi connectivity index (χ4v) is 3.44. The van der Waals surface area contributed by atoms with Crippen LogP contribution >= 0.6 is 0 Å². The number of carbonyl (C=O) groups excluding carboxylic acids is 2. The zero-order valence-electron chi connectivity index (χ0n) is 17.3. The lowest BCUT2D eigenvalue weighted by Crippen LogP contribution is -2.59. The van der Waals surface area contributed by atoms with E-state index in [2.05, 4.69) is 15.1 Å².